The number of aliphatic imine (C=N–C) groups is 1. The average Bonchev–Trinajstić information content (AvgIpc) is 2.90. The molecule has 0 saturated carbocycles. The van der Waals surface area contributed by atoms with Crippen LogP contribution in [0.25, 0.3) is 11.4 Å². The molecule has 1 aliphatic rings. The molecular weight excluding hydrogens is 274 g/mol. The smallest absolute Gasteiger partial charge is 0.119 e. The SMILES string of the molecule is COc1ccc(N=C2c3cccnc3-c3ncccc32)cc1. The van der Waals surface area contributed by atoms with Crippen LogP contribution in [0.4, 0.5) is 5.69 Å². The zero-order chi connectivity index (χ0) is 14.9. The second-order valence-electron chi connectivity index (χ2n) is 4.96. The van der Waals surface area contributed by atoms with E-state index in [1.807, 2.05) is 48.5 Å². The average molecular weight is 287 g/mol. The largest absolute Gasteiger partial charge is 0.497 e. The van der Waals surface area contributed by atoms with Crippen LogP contribution in [0, 0.1) is 0 Å². The number of aromatic nitrogens is 2. The Bertz CT molecular complexity index is 822. The lowest BCUT2D eigenvalue weighted by molar-refractivity contribution is 0.415. The zero-order valence-electron chi connectivity index (χ0n) is 12.0. The minimum Gasteiger partial charge on any atom is -0.497 e. The van der Waals surface area contributed by atoms with E-state index >= 15 is 0 Å². The van der Waals surface area contributed by atoms with Gasteiger partial charge in [0.1, 0.15) is 5.75 Å². The molecule has 4 nitrogen and oxygen atoms in total. The van der Waals surface area contributed by atoms with Gasteiger partial charge in [-0.15, -0.1) is 0 Å². The van der Waals surface area contributed by atoms with Crippen molar-refractivity contribution in [2.45, 2.75) is 0 Å². The first-order chi connectivity index (χ1) is 10.9. The Morgan fingerprint density at radius 2 is 1.41 bits per heavy atom. The summed E-state index contributed by atoms with van der Waals surface area (Å²) in [5.74, 6) is 0.819. The predicted molar refractivity (Wildman–Crippen MR) is 85.8 cm³/mol. The van der Waals surface area contributed by atoms with Gasteiger partial charge in [-0.25, -0.2) is 4.99 Å². The topological polar surface area (TPSA) is 47.4 Å². The molecule has 0 atom stereocenters. The number of benzene rings is 1. The number of nitrogens with zero attached hydrogens (tertiary/aromatic N) is 3. The quantitative estimate of drug-likeness (QED) is 0.565. The molecule has 2 heterocycles. The zero-order valence-corrected chi connectivity index (χ0v) is 12.0. The molecule has 4 heteroatoms. The highest BCUT2D eigenvalue weighted by Crippen LogP contribution is 2.34. The second-order valence-corrected chi connectivity index (χ2v) is 4.96. The lowest BCUT2D eigenvalue weighted by Crippen LogP contribution is -1.97. The fraction of sp³-hybridized carbons (Fsp3) is 0.0556. The second kappa shape index (κ2) is 5.07. The van der Waals surface area contributed by atoms with Crippen LogP contribution >= 0.6 is 0 Å². The Labute approximate surface area is 128 Å². The number of ether oxygens (including phenoxy) is 1. The van der Waals surface area contributed by atoms with E-state index in [9.17, 15) is 0 Å². The molecule has 0 unspecified atom stereocenters. The van der Waals surface area contributed by atoms with E-state index in [1.165, 1.54) is 0 Å². The maximum absolute atomic E-state index is 5.18. The van der Waals surface area contributed by atoms with Crippen LogP contribution in [0.5, 0.6) is 5.75 Å². The third kappa shape index (κ3) is 1.97. The third-order valence-corrected chi connectivity index (χ3v) is 3.66. The summed E-state index contributed by atoms with van der Waals surface area (Å²) in [7, 11) is 1.65. The summed E-state index contributed by atoms with van der Waals surface area (Å²) in [5, 5.41) is 0. The molecule has 4 rings (SSSR count). The van der Waals surface area contributed by atoms with Crippen LogP contribution < -0.4 is 4.74 Å². The third-order valence-electron chi connectivity index (χ3n) is 3.66. The summed E-state index contributed by atoms with van der Waals surface area (Å²) in [6, 6.07) is 15.6. The van der Waals surface area contributed by atoms with Crippen molar-refractivity contribution in [3.8, 4) is 17.1 Å². The van der Waals surface area contributed by atoms with E-state index in [2.05, 4.69) is 9.97 Å². The van der Waals surface area contributed by atoms with E-state index in [-0.39, 0.29) is 0 Å². The maximum atomic E-state index is 5.18. The molecule has 0 fully saturated rings. The van der Waals surface area contributed by atoms with Gasteiger partial charge >= 0.3 is 0 Å². The highest BCUT2D eigenvalue weighted by Gasteiger charge is 2.26. The number of pyridine rings is 2. The lowest BCUT2D eigenvalue weighted by Gasteiger charge is -2.03. The van der Waals surface area contributed by atoms with Crippen LogP contribution in [0.15, 0.2) is 65.9 Å². The van der Waals surface area contributed by atoms with Gasteiger partial charge in [-0.05, 0) is 48.5 Å². The maximum Gasteiger partial charge on any atom is 0.119 e. The van der Waals surface area contributed by atoms with Crippen molar-refractivity contribution >= 4 is 11.4 Å². The van der Waals surface area contributed by atoms with Crippen LogP contribution in [0.2, 0.25) is 0 Å². The minimum atomic E-state index is 0.819. The van der Waals surface area contributed by atoms with Crippen LogP contribution in [-0.4, -0.2) is 22.8 Å². The molecule has 0 aliphatic heterocycles. The van der Waals surface area contributed by atoms with E-state index < -0.39 is 0 Å². The van der Waals surface area contributed by atoms with Crippen molar-refractivity contribution in [2.24, 2.45) is 4.99 Å². The molecule has 0 radical (unpaired) electrons. The van der Waals surface area contributed by atoms with E-state index in [4.69, 9.17) is 9.73 Å². The summed E-state index contributed by atoms with van der Waals surface area (Å²) in [6.45, 7) is 0. The molecule has 2 aromatic heterocycles. The Morgan fingerprint density at radius 3 is 1.95 bits per heavy atom. The summed E-state index contributed by atoms with van der Waals surface area (Å²) in [4.78, 5) is 13.7. The first kappa shape index (κ1) is 12.7. The van der Waals surface area contributed by atoms with E-state index in [0.717, 1.165) is 39.7 Å². The molecule has 1 aromatic carbocycles. The predicted octanol–water partition coefficient (Wildman–Crippen LogP) is 3.63. The molecule has 0 saturated heterocycles. The molecule has 0 bridgehead atoms. The standard InChI is InChI=1S/C18H13N3O/c1-22-13-8-6-12(7-9-13)21-16-14-4-2-10-19-17(14)18-15(16)5-3-11-20-18/h2-11H,1H3. The molecule has 22 heavy (non-hydrogen) atoms. The Morgan fingerprint density at radius 1 is 0.818 bits per heavy atom. The van der Waals surface area contributed by atoms with Crippen molar-refractivity contribution in [2.75, 3.05) is 7.11 Å². The fourth-order valence-corrected chi connectivity index (χ4v) is 2.62. The van der Waals surface area contributed by atoms with Gasteiger partial charge in [-0.1, -0.05) is 0 Å². The normalized spacial score (nSPS) is 11.8. The van der Waals surface area contributed by atoms with Crippen LogP contribution in [0.1, 0.15) is 11.1 Å². The van der Waals surface area contributed by atoms with Crippen molar-refractivity contribution < 1.29 is 4.74 Å². The number of fused-ring (bicyclic) bond motifs is 3. The molecule has 1 aliphatic carbocycles. The number of hydrogen-bond donors (Lipinski definition) is 0. The van der Waals surface area contributed by atoms with Gasteiger partial charge in [0.25, 0.3) is 0 Å². The van der Waals surface area contributed by atoms with Crippen molar-refractivity contribution in [1.29, 1.82) is 0 Å². The van der Waals surface area contributed by atoms with Gasteiger partial charge in [-0.2, -0.15) is 0 Å². The monoisotopic (exact) mass is 287 g/mol. The fourth-order valence-electron chi connectivity index (χ4n) is 2.62. The van der Waals surface area contributed by atoms with Crippen molar-refractivity contribution in [1.82, 2.24) is 9.97 Å². The van der Waals surface area contributed by atoms with E-state index in [1.54, 1.807) is 19.5 Å². The Hall–Kier alpha value is -3.01. The van der Waals surface area contributed by atoms with Gasteiger partial charge in [0.15, 0.2) is 0 Å². The minimum absolute atomic E-state index is 0.819. The van der Waals surface area contributed by atoms with Gasteiger partial charge < -0.3 is 4.74 Å². The van der Waals surface area contributed by atoms with E-state index in [0.29, 0.717) is 0 Å². The summed E-state index contributed by atoms with van der Waals surface area (Å²) in [5.41, 5.74) is 5.62. The molecule has 0 spiro atoms. The van der Waals surface area contributed by atoms with Crippen molar-refractivity contribution in [3.63, 3.8) is 0 Å². The molecule has 106 valence electrons. The summed E-state index contributed by atoms with van der Waals surface area (Å²) in [6.07, 6.45) is 3.57. The summed E-state index contributed by atoms with van der Waals surface area (Å²) >= 11 is 0. The first-order valence-electron chi connectivity index (χ1n) is 7.01. The van der Waals surface area contributed by atoms with Crippen molar-refractivity contribution in [3.05, 3.63) is 72.1 Å². The van der Waals surface area contributed by atoms with Gasteiger partial charge in [-0.3, -0.25) is 9.97 Å². The molecule has 0 N–H and O–H groups in total. The van der Waals surface area contributed by atoms with Crippen LogP contribution in [-0.2, 0) is 0 Å². The highest BCUT2D eigenvalue weighted by molar-refractivity contribution is 6.23. The summed E-state index contributed by atoms with van der Waals surface area (Å²) < 4.78 is 5.18. The first-order valence-corrected chi connectivity index (χ1v) is 7.01. The number of hydrogen-bond acceptors (Lipinski definition) is 4. The Kier molecular flexibility index (Phi) is 2.93. The molecule has 0 amide bonds. The van der Waals surface area contributed by atoms with Crippen LogP contribution in [0.3, 0.4) is 0 Å². The molecular formula is C18H13N3O. The molecule has 3 aromatic rings. The van der Waals surface area contributed by atoms with Gasteiger partial charge in [0.05, 0.1) is 29.9 Å². The number of methoxy groups -OCH3 is 1. The highest BCUT2D eigenvalue weighted by atomic mass is 16.5. The lowest BCUT2D eigenvalue weighted by atomic mass is 10.1. The van der Waals surface area contributed by atoms with Gasteiger partial charge in [0, 0.05) is 23.5 Å². The van der Waals surface area contributed by atoms with Gasteiger partial charge in [0.2, 0.25) is 0 Å². The number of rotatable bonds is 2. The Balaban J connectivity index is 1.88.